The first-order valence-electron chi connectivity index (χ1n) is 9.91. The summed E-state index contributed by atoms with van der Waals surface area (Å²) in [6.45, 7) is 3.97. The van der Waals surface area contributed by atoms with Crippen molar-refractivity contribution in [2.24, 2.45) is 5.92 Å². The predicted octanol–water partition coefficient (Wildman–Crippen LogP) is 6.04. The normalized spacial score (nSPS) is 15.9. The summed E-state index contributed by atoms with van der Waals surface area (Å²) >= 11 is 0. The lowest BCUT2D eigenvalue weighted by Gasteiger charge is -2.21. The quantitative estimate of drug-likeness (QED) is 0.233. The van der Waals surface area contributed by atoms with Crippen molar-refractivity contribution in [2.45, 2.75) is 71.1 Å². The summed E-state index contributed by atoms with van der Waals surface area (Å²) in [6.07, 6.45) is 28.0. The van der Waals surface area contributed by atoms with Gasteiger partial charge in [-0.2, -0.15) is 0 Å². The third-order valence-corrected chi connectivity index (χ3v) is 5.26. The molecule has 0 aromatic heterocycles. The largest absolute Gasteiger partial charge is 0.380 e. The molecule has 0 aliphatic heterocycles. The van der Waals surface area contributed by atoms with Crippen LogP contribution in [0.1, 0.15) is 65.2 Å². The molecule has 4 nitrogen and oxygen atoms in total. The van der Waals surface area contributed by atoms with E-state index < -0.39 is 13.4 Å². The molecule has 5 heteroatoms. The van der Waals surface area contributed by atoms with Gasteiger partial charge in [-0.3, -0.25) is 4.57 Å². The van der Waals surface area contributed by atoms with Crippen LogP contribution in [-0.2, 0) is 4.57 Å². The van der Waals surface area contributed by atoms with Crippen LogP contribution in [-0.4, -0.2) is 20.7 Å². The average Bonchev–Trinajstić information content (AvgIpc) is 2.63. The molecule has 0 saturated heterocycles. The topological polar surface area (TPSA) is 77.8 Å². The van der Waals surface area contributed by atoms with E-state index in [9.17, 15) is 9.67 Å². The highest BCUT2D eigenvalue weighted by atomic mass is 31.2. The molecule has 0 rings (SSSR count). The Bertz CT molecular complexity index is 541. The van der Waals surface area contributed by atoms with Crippen molar-refractivity contribution in [3.05, 3.63) is 60.8 Å². The molecule has 0 radical (unpaired) electrons. The average molecular weight is 397 g/mol. The molecule has 2 atom stereocenters. The lowest BCUT2D eigenvalue weighted by atomic mass is 10.0. The van der Waals surface area contributed by atoms with E-state index in [1.165, 1.54) is 0 Å². The number of aliphatic hydroxyl groups is 1. The van der Waals surface area contributed by atoms with E-state index in [1.54, 1.807) is 0 Å². The molecule has 3 N–H and O–H groups in total. The zero-order valence-corrected chi connectivity index (χ0v) is 17.7. The van der Waals surface area contributed by atoms with Gasteiger partial charge in [0.2, 0.25) is 0 Å². The van der Waals surface area contributed by atoms with Crippen molar-refractivity contribution >= 4 is 7.60 Å². The standard InChI is InChI=1S/C22H37O4P/c1-3-5-6-7-8-9-10-11-12-13-14-15-16-17-18-19-20-21(4-2)22(23)27(24,25)26/h5-6,8-9,11-12,14-15,17-18,21-23H,3-4,7,10,13,16,19-20H2,1-2H3,(H2,24,25,26)/b6-5-,9-8-,12-11-,15-14-,18-17-. The van der Waals surface area contributed by atoms with Crippen LogP contribution in [0.15, 0.2) is 60.8 Å². The Morgan fingerprint density at radius 1 is 0.741 bits per heavy atom. The van der Waals surface area contributed by atoms with Gasteiger partial charge in [0.25, 0.3) is 0 Å². The minimum Gasteiger partial charge on any atom is -0.380 e. The van der Waals surface area contributed by atoms with Crippen LogP contribution < -0.4 is 0 Å². The molecule has 0 spiro atoms. The van der Waals surface area contributed by atoms with Crippen LogP contribution in [0.5, 0.6) is 0 Å². The van der Waals surface area contributed by atoms with Crippen molar-refractivity contribution in [1.29, 1.82) is 0 Å². The number of hydrogen-bond donors (Lipinski definition) is 3. The Hall–Kier alpha value is -1.19. The molecule has 0 aliphatic carbocycles. The smallest absolute Gasteiger partial charge is 0.354 e. The van der Waals surface area contributed by atoms with Crippen LogP contribution in [0.4, 0.5) is 0 Å². The molecule has 0 aromatic carbocycles. The van der Waals surface area contributed by atoms with Crippen LogP contribution in [0.2, 0.25) is 0 Å². The monoisotopic (exact) mass is 396 g/mol. The van der Waals surface area contributed by atoms with Crippen LogP contribution in [0.3, 0.4) is 0 Å². The van der Waals surface area contributed by atoms with Gasteiger partial charge in [-0.05, 0) is 50.9 Å². The van der Waals surface area contributed by atoms with E-state index in [2.05, 4.69) is 55.5 Å². The second kappa shape index (κ2) is 16.9. The molecule has 0 aliphatic rings. The molecular weight excluding hydrogens is 359 g/mol. The number of aliphatic hydroxyl groups excluding tert-OH is 1. The minimum atomic E-state index is -4.41. The van der Waals surface area contributed by atoms with E-state index in [1.807, 2.05) is 19.1 Å². The van der Waals surface area contributed by atoms with Gasteiger partial charge in [-0.1, -0.05) is 81.0 Å². The molecule has 0 saturated carbocycles. The van der Waals surface area contributed by atoms with Gasteiger partial charge in [0.1, 0.15) is 0 Å². The zero-order chi connectivity index (χ0) is 20.4. The third-order valence-electron chi connectivity index (χ3n) is 4.15. The summed E-state index contributed by atoms with van der Waals surface area (Å²) in [4.78, 5) is 18.1. The fourth-order valence-corrected chi connectivity index (χ4v) is 3.43. The molecule has 0 aromatic rings. The molecule has 0 heterocycles. The first-order chi connectivity index (χ1) is 12.9. The van der Waals surface area contributed by atoms with Crippen molar-refractivity contribution in [2.75, 3.05) is 0 Å². The molecule has 2 unspecified atom stereocenters. The van der Waals surface area contributed by atoms with Gasteiger partial charge >= 0.3 is 7.60 Å². The Balaban J connectivity index is 3.83. The van der Waals surface area contributed by atoms with Crippen LogP contribution in [0.25, 0.3) is 0 Å². The fourth-order valence-electron chi connectivity index (χ4n) is 2.52. The third kappa shape index (κ3) is 15.6. The molecule has 0 bridgehead atoms. The van der Waals surface area contributed by atoms with Crippen molar-refractivity contribution in [1.82, 2.24) is 0 Å². The summed E-state index contributed by atoms with van der Waals surface area (Å²) in [5.41, 5.74) is 0. The predicted molar refractivity (Wildman–Crippen MR) is 116 cm³/mol. The maximum atomic E-state index is 11.1. The van der Waals surface area contributed by atoms with E-state index >= 15 is 0 Å². The van der Waals surface area contributed by atoms with E-state index in [0.717, 1.165) is 32.1 Å². The molecule has 0 fully saturated rings. The van der Waals surface area contributed by atoms with Crippen LogP contribution in [0, 0.1) is 5.92 Å². The summed E-state index contributed by atoms with van der Waals surface area (Å²) in [5, 5.41) is 9.66. The van der Waals surface area contributed by atoms with E-state index in [0.29, 0.717) is 19.3 Å². The molecular formula is C22H37O4P. The first-order valence-corrected chi connectivity index (χ1v) is 11.6. The summed E-state index contributed by atoms with van der Waals surface area (Å²) < 4.78 is 11.1. The minimum absolute atomic E-state index is 0.368. The lowest BCUT2D eigenvalue weighted by Crippen LogP contribution is -2.19. The molecule has 154 valence electrons. The number of allylic oxidation sites excluding steroid dienone is 10. The van der Waals surface area contributed by atoms with Gasteiger partial charge in [-0.25, -0.2) is 0 Å². The Morgan fingerprint density at radius 3 is 1.52 bits per heavy atom. The van der Waals surface area contributed by atoms with Crippen molar-refractivity contribution in [3.63, 3.8) is 0 Å². The lowest BCUT2D eigenvalue weighted by molar-refractivity contribution is 0.138. The highest BCUT2D eigenvalue weighted by Gasteiger charge is 2.32. The summed E-state index contributed by atoms with van der Waals surface area (Å²) in [5.74, 6) is -1.92. The van der Waals surface area contributed by atoms with Gasteiger partial charge in [0.05, 0.1) is 0 Å². The van der Waals surface area contributed by atoms with E-state index in [-0.39, 0.29) is 5.92 Å². The maximum Gasteiger partial charge on any atom is 0.354 e. The van der Waals surface area contributed by atoms with Gasteiger partial charge < -0.3 is 14.9 Å². The Kier molecular flexibility index (Phi) is 16.2. The number of hydrogen-bond acceptors (Lipinski definition) is 2. The van der Waals surface area contributed by atoms with Gasteiger partial charge in [-0.15, -0.1) is 0 Å². The zero-order valence-electron chi connectivity index (χ0n) is 16.8. The fraction of sp³-hybridized carbons (Fsp3) is 0.545. The van der Waals surface area contributed by atoms with Crippen LogP contribution >= 0.6 is 7.60 Å². The summed E-state index contributed by atoms with van der Waals surface area (Å²) in [7, 11) is -4.41. The number of rotatable bonds is 15. The Labute approximate surface area is 165 Å². The van der Waals surface area contributed by atoms with Crippen molar-refractivity contribution in [3.8, 4) is 0 Å². The highest BCUT2D eigenvalue weighted by Crippen LogP contribution is 2.45. The Morgan fingerprint density at radius 2 is 1.15 bits per heavy atom. The van der Waals surface area contributed by atoms with Gasteiger partial charge in [0, 0.05) is 0 Å². The second-order valence-corrected chi connectivity index (χ2v) is 8.16. The van der Waals surface area contributed by atoms with Gasteiger partial charge in [0.15, 0.2) is 5.85 Å². The molecule has 0 amide bonds. The van der Waals surface area contributed by atoms with E-state index in [4.69, 9.17) is 9.79 Å². The highest BCUT2D eigenvalue weighted by molar-refractivity contribution is 7.52. The van der Waals surface area contributed by atoms with Crippen molar-refractivity contribution < 1.29 is 19.5 Å². The summed E-state index contributed by atoms with van der Waals surface area (Å²) in [6, 6.07) is 0. The second-order valence-electron chi connectivity index (χ2n) is 6.46. The SMILES string of the molecule is CC/C=C\C/C=C\C/C=C\C/C=C\C/C=C\CCC(CC)C(O)P(=O)(O)O. The maximum absolute atomic E-state index is 11.1. The first kappa shape index (κ1) is 25.8. The molecule has 27 heavy (non-hydrogen) atoms.